The van der Waals surface area contributed by atoms with E-state index in [1.807, 2.05) is 54.6 Å². The van der Waals surface area contributed by atoms with Gasteiger partial charge in [-0.3, -0.25) is 0 Å². The maximum absolute atomic E-state index is 10.7. The topological polar surface area (TPSA) is 59.4 Å². The highest BCUT2D eigenvalue weighted by molar-refractivity contribution is 5.88. The van der Waals surface area contributed by atoms with Crippen LogP contribution in [0, 0.1) is 0 Å². The number of nitrogens with zero attached hydrogens (tertiary/aromatic N) is 1. The Bertz CT molecular complexity index is 784. The maximum atomic E-state index is 10.7. The molecule has 3 rings (SSSR count). The monoisotopic (exact) mass is 279 g/mol. The van der Waals surface area contributed by atoms with E-state index in [1.165, 1.54) is 0 Å². The molecule has 0 radical (unpaired) electrons. The summed E-state index contributed by atoms with van der Waals surface area (Å²) in [6.07, 6.45) is 0. The Morgan fingerprint density at radius 1 is 1.05 bits per heavy atom. The van der Waals surface area contributed by atoms with Gasteiger partial charge in [0.1, 0.15) is 5.75 Å². The highest BCUT2D eigenvalue weighted by Crippen LogP contribution is 2.29. The van der Waals surface area contributed by atoms with Crippen LogP contribution in [0.5, 0.6) is 5.75 Å². The Hall–Kier alpha value is -2.88. The molecule has 0 spiro atoms. The van der Waals surface area contributed by atoms with Gasteiger partial charge in [0.25, 0.3) is 0 Å². The Balaban J connectivity index is 2.12. The van der Waals surface area contributed by atoms with Crippen LogP contribution in [0.4, 0.5) is 0 Å². The number of carboxylic acid groups (broad SMARTS) is 1. The van der Waals surface area contributed by atoms with E-state index in [0.717, 1.165) is 22.2 Å². The van der Waals surface area contributed by atoms with Crippen LogP contribution in [0.2, 0.25) is 0 Å². The largest absolute Gasteiger partial charge is 0.481 e. The molecule has 0 aliphatic carbocycles. The zero-order valence-corrected chi connectivity index (χ0v) is 11.2. The van der Waals surface area contributed by atoms with Crippen molar-refractivity contribution in [3.63, 3.8) is 0 Å². The van der Waals surface area contributed by atoms with Crippen molar-refractivity contribution in [2.45, 2.75) is 0 Å². The quantitative estimate of drug-likeness (QED) is 0.795. The summed E-state index contributed by atoms with van der Waals surface area (Å²) in [6, 6.07) is 19.0. The zero-order chi connectivity index (χ0) is 14.7. The van der Waals surface area contributed by atoms with Crippen LogP contribution in [-0.2, 0) is 4.79 Å². The fourth-order valence-electron chi connectivity index (χ4n) is 2.16. The number of rotatable bonds is 4. The number of carboxylic acids is 1. The number of fused-ring (bicyclic) bond motifs is 1. The van der Waals surface area contributed by atoms with Crippen LogP contribution >= 0.6 is 0 Å². The molecule has 0 saturated carbocycles. The molecule has 3 aromatic rings. The first-order valence-corrected chi connectivity index (χ1v) is 6.54. The van der Waals surface area contributed by atoms with Gasteiger partial charge < -0.3 is 9.84 Å². The minimum Gasteiger partial charge on any atom is -0.481 e. The molecule has 0 unspecified atom stereocenters. The van der Waals surface area contributed by atoms with Crippen LogP contribution in [-0.4, -0.2) is 22.7 Å². The highest BCUT2D eigenvalue weighted by atomic mass is 16.5. The molecule has 0 amide bonds. The van der Waals surface area contributed by atoms with Gasteiger partial charge in [-0.1, -0.05) is 42.5 Å². The smallest absolute Gasteiger partial charge is 0.341 e. The first-order chi connectivity index (χ1) is 10.2. The molecule has 4 nitrogen and oxygen atoms in total. The number of ether oxygens (including phenoxy) is 1. The lowest BCUT2D eigenvalue weighted by atomic mass is 10.1. The lowest BCUT2D eigenvalue weighted by molar-refractivity contribution is -0.139. The van der Waals surface area contributed by atoms with E-state index in [1.54, 1.807) is 6.07 Å². The fraction of sp³-hybridized carbons (Fsp3) is 0.0588. The van der Waals surface area contributed by atoms with Crippen LogP contribution in [0.25, 0.3) is 22.2 Å². The standard InChI is InChI=1S/C17H13NO3/c19-17(20)11-21-16-10-15(12-6-2-1-3-7-12)18-14-9-5-4-8-13(14)16/h1-10H,11H2,(H,19,20). The summed E-state index contributed by atoms with van der Waals surface area (Å²) in [5, 5.41) is 9.60. The first-order valence-electron chi connectivity index (χ1n) is 6.54. The van der Waals surface area contributed by atoms with Crippen molar-refractivity contribution < 1.29 is 14.6 Å². The number of para-hydroxylation sites is 1. The molecule has 0 saturated heterocycles. The van der Waals surface area contributed by atoms with Crippen LogP contribution in [0.1, 0.15) is 0 Å². The average molecular weight is 279 g/mol. The van der Waals surface area contributed by atoms with Crippen molar-refractivity contribution in [1.29, 1.82) is 0 Å². The Labute approximate surface area is 121 Å². The predicted octanol–water partition coefficient (Wildman–Crippen LogP) is 3.37. The van der Waals surface area contributed by atoms with Gasteiger partial charge in [0.05, 0.1) is 11.2 Å². The predicted molar refractivity (Wildman–Crippen MR) is 80.3 cm³/mol. The van der Waals surface area contributed by atoms with E-state index >= 15 is 0 Å². The highest BCUT2D eigenvalue weighted by Gasteiger charge is 2.09. The normalized spacial score (nSPS) is 10.5. The van der Waals surface area contributed by atoms with Crippen molar-refractivity contribution in [2.75, 3.05) is 6.61 Å². The average Bonchev–Trinajstić information content (AvgIpc) is 2.53. The Morgan fingerprint density at radius 2 is 1.76 bits per heavy atom. The van der Waals surface area contributed by atoms with E-state index in [2.05, 4.69) is 4.98 Å². The molecular formula is C17H13NO3. The molecule has 0 fully saturated rings. The lowest BCUT2D eigenvalue weighted by Crippen LogP contribution is -2.09. The second-order valence-electron chi connectivity index (χ2n) is 4.57. The summed E-state index contributed by atoms with van der Waals surface area (Å²) in [5.74, 6) is -0.473. The molecule has 4 heteroatoms. The fourth-order valence-corrected chi connectivity index (χ4v) is 2.16. The third-order valence-electron chi connectivity index (χ3n) is 3.10. The third-order valence-corrected chi connectivity index (χ3v) is 3.10. The summed E-state index contributed by atoms with van der Waals surface area (Å²) in [4.78, 5) is 15.3. The van der Waals surface area contributed by atoms with E-state index in [0.29, 0.717) is 5.75 Å². The van der Waals surface area contributed by atoms with E-state index in [-0.39, 0.29) is 6.61 Å². The molecule has 1 N–H and O–H groups in total. The summed E-state index contributed by atoms with van der Waals surface area (Å²) in [6.45, 7) is -0.373. The summed E-state index contributed by atoms with van der Waals surface area (Å²) in [5.41, 5.74) is 2.50. The van der Waals surface area contributed by atoms with E-state index < -0.39 is 5.97 Å². The van der Waals surface area contributed by atoms with Gasteiger partial charge in [-0.2, -0.15) is 0 Å². The first kappa shape index (κ1) is 13.1. The molecular weight excluding hydrogens is 266 g/mol. The Morgan fingerprint density at radius 3 is 2.52 bits per heavy atom. The van der Waals surface area contributed by atoms with Crippen molar-refractivity contribution >= 4 is 16.9 Å². The molecule has 1 aromatic heterocycles. The van der Waals surface area contributed by atoms with Crippen LogP contribution in [0.3, 0.4) is 0 Å². The van der Waals surface area contributed by atoms with Crippen molar-refractivity contribution in [3.8, 4) is 17.0 Å². The van der Waals surface area contributed by atoms with Gasteiger partial charge in [-0.15, -0.1) is 0 Å². The summed E-state index contributed by atoms with van der Waals surface area (Å²) >= 11 is 0. The summed E-state index contributed by atoms with van der Waals surface area (Å²) < 4.78 is 5.40. The SMILES string of the molecule is O=C(O)COc1cc(-c2ccccc2)nc2ccccc12. The third kappa shape index (κ3) is 2.84. The molecule has 0 bridgehead atoms. The number of aliphatic carboxylic acids is 1. The molecule has 104 valence electrons. The summed E-state index contributed by atoms with van der Waals surface area (Å²) in [7, 11) is 0. The molecule has 2 aromatic carbocycles. The second kappa shape index (κ2) is 5.63. The molecule has 1 heterocycles. The second-order valence-corrected chi connectivity index (χ2v) is 4.57. The minimum absolute atomic E-state index is 0.373. The van der Waals surface area contributed by atoms with Crippen molar-refractivity contribution in [2.24, 2.45) is 0 Å². The number of pyridine rings is 1. The molecule has 0 atom stereocenters. The van der Waals surface area contributed by atoms with Crippen LogP contribution < -0.4 is 4.74 Å². The molecule has 0 aliphatic rings. The number of benzene rings is 2. The van der Waals surface area contributed by atoms with Gasteiger partial charge >= 0.3 is 5.97 Å². The van der Waals surface area contributed by atoms with Gasteiger partial charge in [-0.05, 0) is 12.1 Å². The number of carbonyl (C=O) groups is 1. The minimum atomic E-state index is -1.00. The van der Waals surface area contributed by atoms with Gasteiger partial charge in [0, 0.05) is 17.0 Å². The van der Waals surface area contributed by atoms with Gasteiger partial charge in [-0.25, -0.2) is 9.78 Å². The van der Waals surface area contributed by atoms with E-state index in [4.69, 9.17) is 9.84 Å². The van der Waals surface area contributed by atoms with Crippen LogP contribution in [0.15, 0.2) is 60.7 Å². The Kier molecular flexibility index (Phi) is 3.51. The number of aromatic nitrogens is 1. The number of hydrogen-bond acceptors (Lipinski definition) is 3. The van der Waals surface area contributed by atoms with E-state index in [9.17, 15) is 4.79 Å². The van der Waals surface area contributed by atoms with Gasteiger partial charge in [0.2, 0.25) is 0 Å². The maximum Gasteiger partial charge on any atom is 0.341 e. The molecule has 0 aliphatic heterocycles. The lowest BCUT2D eigenvalue weighted by Gasteiger charge is -2.10. The van der Waals surface area contributed by atoms with Gasteiger partial charge in [0.15, 0.2) is 6.61 Å². The molecule has 21 heavy (non-hydrogen) atoms. The van der Waals surface area contributed by atoms with Crippen molar-refractivity contribution in [1.82, 2.24) is 4.98 Å². The zero-order valence-electron chi connectivity index (χ0n) is 11.2. The number of hydrogen-bond donors (Lipinski definition) is 1. The van der Waals surface area contributed by atoms with Crippen molar-refractivity contribution in [3.05, 3.63) is 60.7 Å².